The first-order chi connectivity index (χ1) is 18.0. The van der Waals surface area contributed by atoms with Crippen LogP contribution in [0.5, 0.6) is 11.5 Å². The molecular formula is C30H33ClN4O2. The molecule has 1 aliphatic carbocycles. The van der Waals surface area contributed by atoms with E-state index in [4.69, 9.17) is 22.1 Å². The number of amides is 1. The van der Waals surface area contributed by atoms with Gasteiger partial charge in [0.25, 0.3) is 5.91 Å². The van der Waals surface area contributed by atoms with Gasteiger partial charge >= 0.3 is 0 Å². The van der Waals surface area contributed by atoms with E-state index in [1.54, 1.807) is 0 Å². The molecule has 0 spiro atoms. The van der Waals surface area contributed by atoms with E-state index in [-0.39, 0.29) is 11.9 Å². The maximum Gasteiger partial charge on any atom is 0.255 e. The number of imidazole rings is 1. The molecule has 1 heterocycles. The van der Waals surface area contributed by atoms with Crippen molar-refractivity contribution in [2.24, 2.45) is 0 Å². The van der Waals surface area contributed by atoms with E-state index >= 15 is 0 Å². The highest BCUT2D eigenvalue weighted by Gasteiger charge is 2.27. The summed E-state index contributed by atoms with van der Waals surface area (Å²) in [5, 5.41) is 0.479. The van der Waals surface area contributed by atoms with Crippen molar-refractivity contribution in [2.75, 3.05) is 12.3 Å². The molecule has 37 heavy (non-hydrogen) atoms. The molecule has 0 unspecified atom stereocenters. The van der Waals surface area contributed by atoms with Gasteiger partial charge in [-0.05, 0) is 61.2 Å². The fourth-order valence-electron chi connectivity index (χ4n) is 5.23. The Kier molecular flexibility index (Phi) is 7.65. The first kappa shape index (κ1) is 25.2. The van der Waals surface area contributed by atoms with Crippen LogP contribution in [-0.4, -0.2) is 32.9 Å². The molecule has 1 aliphatic rings. The first-order valence-electron chi connectivity index (χ1n) is 13.1. The quantitative estimate of drug-likeness (QED) is 0.266. The number of aromatic nitrogens is 2. The minimum absolute atomic E-state index is 0.0163. The molecule has 0 radical (unpaired) electrons. The molecule has 3 aromatic carbocycles. The Morgan fingerprint density at radius 2 is 1.84 bits per heavy atom. The lowest BCUT2D eigenvalue weighted by molar-refractivity contribution is 0.0634. The molecule has 1 amide bonds. The van der Waals surface area contributed by atoms with Crippen LogP contribution in [-0.2, 0) is 6.54 Å². The van der Waals surface area contributed by atoms with Crippen LogP contribution >= 0.6 is 11.6 Å². The molecule has 1 saturated carbocycles. The van der Waals surface area contributed by atoms with Gasteiger partial charge in [-0.1, -0.05) is 62.1 Å². The number of para-hydroxylation sites is 1. The van der Waals surface area contributed by atoms with Gasteiger partial charge in [0.2, 0.25) is 5.95 Å². The number of hydrogen-bond acceptors (Lipinski definition) is 4. The summed E-state index contributed by atoms with van der Waals surface area (Å²) in [6.07, 6.45) is 6.65. The van der Waals surface area contributed by atoms with Crippen LogP contribution in [0.15, 0.2) is 66.7 Å². The summed E-state index contributed by atoms with van der Waals surface area (Å²) in [6, 6.07) is 21.3. The Hall–Kier alpha value is -3.51. The smallest absolute Gasteiger partial charge is 0.255 e. The van der Waals surface area contributed by atoms with Crippen LogP contribution in [0.1, 0.15) is 61.4 Å². The van der Waals surface area contributed by atoms with Crippen LogP contribution in [0.25, 0.3) is 11.0 Å². The zero-order valence-corrected chi connectivity index (χ0v) is 22.0. The van der Waals surface area contributed by atoms with Gasteiger partial charge in [-0.2, -0.15) is 0 Å². The Morgan fingerprint density at radius 1 is 1.05 bits per heavy atom. The number of nitrogen functional groups attached to an aromatic ring is 1. The largest absolute Gasteiger partial charge is 0.457 e. The van der Waals surface area contributed by atoms with E-state index in [0.717, 1.165) is 48.2 Å². The number of halogens is 1. The molecule has 4 aromatic rings. The van der Waals surface area contributed by atoms with Crippen molar-refractivity contribution in [3.63, 3.8) is 0 Å². The van der Waals surface area contributed by atoms with Crippen molar-refractivity contribution in [1.29, 1.82) is 0 Å². The van der Waals surface area contributed by atoms with E-state index < -0.39 is 0 Å². The molecule has 6 nitrogen and oxygen atoms in total. The van der Waals surface area contributed by atoms with Gasteiger partial charge in [-0.3, -0.25) is 4.79 Å². The summed E-state index contributed by atoms with van der Waals surface area (Å²) in [4.78, 5) is 20.3. The molecule has 0 saturated heterocycles. The number of carbonyl (C=O) groups excluding carboxylic acids is 1. The number of ether oxygens (including phenoxy) is 1. The minimum atomic E-state index is 0.0163. The highest BCUT2D eigenvalue weighted by molar-refractivity contribution is 6.33. The SMILES string of the molecule is CCCN(C(=O)c1cc(Cn2c(N)nc3ccc(Oc4ccccc4)cc32)ccc1Cl)C1CCCCC1. The Labute approximate surface area is 223 Å². The highest BCUT2D eigenvalue weighted by Crippen LogP contribution is 2.30. The standard InChI is InChI=1S/C30H33ClN4O2/c1-2-17-34(22-9-5-3-6-10-22)29(36)25-18-21(13-15-26(25)31)20-35-28-19-24(14-16-27(28)33-30(35)32)37-23-11-7-4-8-12-23/h4,7-8,11-16,18-19,22H,2-3,5-6,9-10,17,20H2,1H3,(H2,32,33). The lowest BCUT2D eigenvalue weighted by Gasteiger charge is -2.34. The second kappa shape index (κ2) is 11.3. The van der Waals surface area contributed by atoms with Gasteiger partial charge in [0, 0.05) is 18.7 Å². The number of benzene rings is 3. The third kappa shape index (κ3) is 5.59. The Bertz CT molecular complexity index is 1380. The number of fused-ring (bicyclic) bond motifs is 1. The number of anilines is 1. The van der Waals surface area contributed by atoms with E-state index in [1.807, 2.05) is 76.2 Å². The predicted molar refractivity (Wildman–Crippen MR) is 149 cm³/mol. The van der Waals surface area contributed by atoms with Crippen molar-refractivity contribution in [3.8, 4) is 11.5 Å². The van der Waals surface area contributed by atoms with Crippen LogP contribution in [0, 0.1) is 0 Å². The fourth-order valence-corrected chi connectivity index (χ4v) is 5.43. The third-order valence-electron chi connectivity index (χ3n) is 7.07. The number of nitrogens with two attached hydrogens (primary N) is 1. The molecule has 0 atom stereocenters. The van der Waals surface area contributed by atoms with Crippen molar-refractivity contribution in [2.45, 2.75) is 58.0 Å². The van der Waals surface area contributed by atoms with Crippen molar-refractivity contribution < 1.29 is 9.53 Å². The molecule has 0 aliphatic heterocycles. The number of carbonyl (C=O) groups is 1. The predicted octanol–water partition coefficient (Wildman–Crippen LogP) is 7.30. The summed E-state index contributed by atoms with van der Waals surface area (Å²) in [6.45, 7) is 3.32. The minimum Gasteiger partial charge on any atom is -0.457 e. The van der Waals surface area contributed by atoms with Gasteiger partial charge in [-0.15, -0.1) is 0 Å². The van der Waals surface area contributed by atoms with E-state index in [1.165, 1.54) is 19.3 Å². The van der Waals surface area contributed by atoms with Gasteiger partial charge in [0.15, 0.2) is 0 Å². The summed E-state index contributed by atoms with van der Waals surface area (Å²) in [7, 11) is 0. The lowest BCUT2D eigenvalue weighted by atomic mass is 9.93. The molecular weight excluding hydrogens is 484 g/mol. The maximum absolute atomic E-state index is 13.7. The van der Waals surface area contributed by atoms with E-state index in [9.17, 15) is 4.79 Å². The Morgan fingerprint density at radius 3 is 2.59 bits per heavy atom. The summed E-state index contributed by atoms with van der Waals surface area (Å²) < 4.78 is 7.96. The van der Waals surface area contributed by atoms with Gasteiger partial charge < -0.3 is 19.9 Å². The molecule has 0 bridgehead atoms. The summed E-state index contributed by atoms with van der Waals surface area (Å²) in [5.41, 5.74) is 9.47. The highest BCUT2D eigenvalue weighted by atomic mass is 35.5. The second-order valence-electron chi connectivity index (χ2n) is 9.73. The maximum atomic E-state index is 13.7. The molecule has 1 fully saturated rings. The zero-order chi connectivity index (χ0) is 25.8. The Balaban J connectivity index is 1.43. The monoisotopic (exact) mass is 516 g/mol. The second-order valence-corrected chi connectivity index (χ2v) is 10.1. The molecule has 1 aromatic heterocycles. The van der Waals surface area contributed by atoms with Gasteiger partial charge in [-0.25, -0.2) is 4.98 Å². The van der Waals surface area contributed by atoms with Gasteiger partial charge in [0.1, 0.15) is 11.5 Å². The third-order valence-corrected chi connectivity index (χ3v) is 7.40. The van der Waals surface area contributed by atoms with Crippen LogP contribution in [0.3, 0.4) is 0 Å². The molecule has 192 valence electrons. The fraction of sp³-hybridized carbons (Fsp3) is 0.333. The molecule has 5 rings (SSSR count). The van der Waals surface area contributed by atoms with Crippen molar-refractivity contribution in [3.05, 3.63) is 82.9 Å². The topological polar surface area (TPSA) is 73.4 Å². The van der Waals surface area contributed by atoms with Crippen LogP contribution < -0.4 is 10.5 Å². The van der Waals surface area contributed by atoms with E-state index in [0.29, 0.717) is 28.8 Å². The summed E-state index contributed by atoms with van der Waals surface area (Å²) in [5.74, 6) is 1.89. The molecule has 7 heteroatoms. The van der Waals surface area contributed by atoms with Crippen molar-refractivity contribution >= 4 is 34.5 Å². The van der Waals surface area contributed by atoms with Crippen LogP contribution in [0.4, 0.5) is 5.95 Å². The molecule has 2 N–H and O–H groups in total. The average Bonchev–Trinajstić information content (AvgIpc) is 3.23. The number of rotatable bonds is 8. The average molecular weight is 517 g/mol. The van der Waals surface area contributed by atoms with Gasteiger partial charge in [0.05, 0.1) is 28.2 Å². The van der Waals surface area contributed by atoms with Crippen LogP contribution in [0.2, 0.25) is 5.02 Å². The number of nitrogens with zero attached hydrogens (tertiary/aromatic N) is 3. The first-order valence-corrected chi connectivity index (χ1v) is 13.5. The van der Waals surface area contributed by atoms with Crippen molar-refractivity contribution in [1.82, 2.24) is 14.5 Å². The lowest BCUT2D eigenvalue weighted by Crippen LogP contribution is -2.42. The summed E-state index contributed by atoms with van der Waals surface area (Å²) >= 11 is 6.57. The zero-order valence-electron chi connectivity index (χ0n) is 21.2. The number of hydrogen-bond donors (Lipinski definition) is 1. The normalized spacial score (nSPS) is 14.1. The van der Waals surface area contributed by atoms with E-state index in [2.05, 4.69) is 11.9 Å².